The summed E-state index contributed by atoms with van der Waals surface area (Å²) in [7, 11) is 0. The number of rotatable bonds is 14. The Hall–Kier alpha value is 1.29. The molecular formula is C18H40N2O6S2Ti2-2. The first-order valence-electron chi connectivity index (χ1n) is 9.01. The Morgan fingerprint density at radius 1 is 0.500 bits per heavy atom. The van der Waals surface area contributed by atoms with Gasteiger partial charge in [-0.15, -0.1) is 25.3 Å². The fourth-order valence-corrected chi connectivity index (χ4v) is 1.52. The van der Waals surface area contributed by atoms with Crippen molar-refractivity contribution >= 4 is 25.3 Å². The summed E-state index contributed by atoms with van der Waals surface area (Å²) in [6.45, 7) is 10.3. The quantitative estimate of drug-likeness (QED) is 0.0834. The predicted octanol–water partition coefficient (Wildman–Crippen LogP) is -2.04. The molecule has 0 aromatic heterocycles. The van der Waals surface area contributed by atoms with Gasteiger partial charge in [-0.25, -0.2) is 0 Å². The standard InChI is InChI=1S/2C6H15NO3.2C3H6S.2Ti/c2*8-4-1-7(2-5-9)3-6-10;2*1-2-3-4;;/h2*8-10H,1-6H2;2*2,4H,1,3H2;;/p-2. The Morgan fingerprint density at radius 3 is 0.700 bits per heavy atom. The molecule has 0 radical (unpaired) electrons. The van der Waals surface area contributed by atoms with Gasteiger partial charge in [-0.3, -0.25) is 9.80 Å². The second-order valence-corrected chi connectivity index (χ2v) is 5.60. The molecule has 0 saturated heterocycles. The maximum Gasteiger partial charge on any atom is 0.0558 e. The maximum absolute atomic E-state index is 8.48. The van der Waals surface area contributed by atoms with E-state index in [0.717, 1.165) is 0 Å². The van der Waals surface area contributed by atoms with Crippen molar-refractivity contribution in [2.75, 3.05) is 90.4 Å². The first-order valence-corrected chi connectivity index (χ1v) is 10.2. The molecule has 0 unspecified atom stereocenters. The van der Waals surface area contributed by atoms with E-state index in [2.05, 4.69) is 38.4 Å². The average Bonchev–Trinajstić information content (AvgIpc) is 2.70. The Balaban J connectivity index is -0.0000000678. The van der Waals surface area contributed by atoms with Crippen LogP contribution in [0.1, 0.15) is 0 Å². The molecule has 8 nitrogen and oxygen atoms in total. The van der Waals surface area contributed by atoms with E-state index < -0.39 is 0 Å². The van der Waals surface area contributed by atoms with Gasteiger partial charge >= 0.3 is 0 Å². The van der Waals surface area contributed by atoms with E-state index in [1.54, 1.807) is 22.0 Å². The molecule has 30 heavy (non-hydrogen) atoms. The largest absolute Gasteiger partial charge is 0.789 e. The van der Waals surface area contributed by atoms with Gasteiger partial charge in [-0.2, -0.15) is 11.5 Å². The smallest absolute Gasteiger partial charge is 0.0558 e. The predicted molar refractivity (Wildman–Crippen MR) is 120 cm³/mol. The van der Waals surface area contributed by atoms with Crippen LogP contribution in [0.5, 0.6) is 0 Å². The van der Waals surface area contributed by atoms with Crippen molar-refractivity contribution < 1.29 is 74.1 Å². The summed E-state index contributed by atoms with van der Waals surface area (Å²) in [4.78, 5) is 3.58. The molecule has 0 heterocycles. The van der Waals surface area contributed by atoms with Crippen LogP contribution in [-0.4, -0.2) is 131 Å². The number of aliphatic hydroxyl groups is 6. The fourth-order valence-electron chi connectivity index (χ4n) is 1.52. The van der Waals surface area contributed by atoms with Crippen LogP contribution in [0.3, 0.4) is 0 Å². The molecule has 0 spiro atoms. The van der Waals surface area contributed by atoms with Crippen LogP contribution >= 0.6 is 0 Å². The molecule has 12 heteroatoms. The monoisotopic (exact) mass is 540 g/mol. The van der Waals surface area contributed by atoms with Gasteiger partial charge in [0.05, 0.1) is 39.6 Å². The van der Waals surface area contributed by atoms with Gasteiger partial charge in [0.25, 0.3) is 0 Å². The van der Waals surface area contributed by atoms with Gasteiger partial charge < -0.3 is 55.9 Å². The van der Waals surface area contributed by atoms with Crippen LogP contribution < -0.4 is 0 Å². The Labute approximate surface area is 223 Å². The van der Waals surface area contributed by atoms with Crippen LogP contribution in [0.25, 0.3) is 0 Å². The van der Waals surface area contributed by atoms with Crippen LogP contribution in [0.4, 0.5) is 0 Å². The van der Waals surface area contributed by atoms with E-state index in [9.17, 15) is 0 Å². The Kier molecular flexibility index (Phi) is 71.7. The first kappa shape index (κ1) is 44.9. The molecular weight excluding hydrogens is 500 g/mol. The summed E-state index contributed by atoms with van der Waals surface area (Å²) in [5.74, 6) is 1.33. The fraction of sp³-hybridized carbons (Fsp3) is 0.778. The van der Waals surface area contributed by atoms with E-state index in [-0.39, 0.29) is 83.1 Å². The van der Waals surface area contributed by atoms with Crippen LogP contribution in [-0.2, 0) is 68.7 Å². The van der Waals surface area contributed by atoms with Crippen LogP contribution in [0.2, 0.25) is 0 Å². The van der Waals surface area contributed by atoms with Gasteiger partial charge in [-0.05, 0) is 0 Å². The first-order chi connectivity index (χ1) is 13.5. The molecule has 0 aromatic carbocycles. The molecule has 0 amide bonds. The summed E-state index contributed by atoms with van der Waals surface area (Å²) in [6.07, 6.45) is 3.38. The summed E-state index contributed by atoms with van der Waals surface area (Å²) in [5, 5.41) is 50.9. The zero-order valence-electron chi connectivity index (χ0n) is 17.9. The normalized spacial score (nSPS) is 8.87. The number of hydrogen-bond acceptors (Lipinski definition) is 10. The topological polar surface area (TPSA) is 128 Å². The zero-order chi connectivity index (χ0) is 22.5. The number of aliphatic hydroxyl groups excluding tert-OH is 6. The number of hydrogen-bond donors (Lipinski definition) is 6. The molecule has 0 aliphatic heterocycles. The zero-order valence-corrected chi connectivity index (χ0v) is 22.6. The molecule has 0 atom stereocenters. The Bertz CT molecular complexity index is 237. The van der Waals surface area contributed by atoms with Crippen LogP contribution in [0.15, 0.2) is 25.3 Å². The minimum atomic E-state index is 0. The van der Waals surface area contributed by atoms with E-state index in [4.69, 9.17) is 30.6 Å². The van der Waals surface area contributed by atoms with Gasteiger partial charge in [-0.1, -0.05) is 0 Å². The average molecular weight is 540 g/mol. The van der Waals surface area contributed by atoms with Gasteiger partial charge in [0.1, 0.15) is 0 Å². The SMILES string of the molecule is C=CC[S-].C=CC[S-].OCCN(CCO)CCO.OCCN(CCO)CCO.[Ti].[Ti]. The Morgan fingerprint density at radius 2 is 0.633 bits per heavy atom. The summed E-state index contributed by atoms with van der Waals surface area (Å²) in [5.41, 5.74) is 0. The van der Waals surface area contributed by atoms with E-state index >= 15 is 0 Å². The van der Waals surface area contributed by atoms with E-state index in [1.165, 1.54) is 0 Å². The molecule has 0 fully saturated rings. The van der Waals surface area contributed by atoms with Crippen molar-refractivity contribution in [2.45, 2.75) is 0 Å². The van der Waals surface area contributed by atoms with Crippen molar-refractivity contribution in [3.8, 4) is 0 Å². The summed E-state index contributed by atoms with van der Waals surface area (Å²) < 4.78 is 0. The third kappa shape index (κ3) is 51.7. The second-order valence-electron chi connectivity index (χ2n) is 4.94. The van der Waals surface area contributed by atoms with Crippen molar-refractivity contribution in [1.82, 2.24) is 9.80 Å². The molecule has 6 N–H and O–H groups in total. The molecule has 0 aliphatic carbocycles. The summed E-state index contributed by atoms with van der Waals surface area (Å²) >= 11 is 8.87. The van der Waals surface area contributed by atoms with Crippen molar-refractivity contribution in [3.05, 3.63) is 25.3 Å². The molecule has 0 saturated carbocycles. The molecule has 0 aliphatic rings. The van der Waals surface area contributed by atoms with Crippen molar-refractivity contribution in [2.24, 2.45) is 0 Å². The minimum absolute atomic E-state index is 0. The third-order valence-electron chi connectivity index (χ3n) is 2.73. The number of nitrogens with zero attached hydrogens (tertiary/aromatic N) is 2. The molecule has 0 aromatic rings. The molecule has 0 bridgehead atoms. The minimum Gasteiger partial charge on any atom is -0.789 e. The van der Waals surface area contributed by atoms with E-state index in [0.29, 0.717) is 50.8 Å². The van der Waals surface area contributed by atoms with Crippen molar-refractivity contribution in [1.29, 1.82) is 0 Å². The van der Waals surface area contributed by atoms with Gasteiger partial charge in [0.15, 0.2) is 0 Å². The molecule has 0 rings (SSSR count). The molecule has 180 valence electrons. The second kappa shape index (κ2) is 47.9. The van der Waals surface area contributed by atoms with Crippen molar-refractivity contribution in [3.63, 3.8) is 0 Å². The maximum atomic E-state index is 8.48. The van der Waals surface area contributed by atoms with Crippen LogP contribution in [0, 0.1) is 0 Å². The van der Waals surface area contributed by atoms with E-state index in [1.807, 2.05) is 0 Å². The van der Waals surface area contributed by atoms with Gasteiger partial charge in [0.2, 0.25) is 0 Å². The van der Waals surface area contributed by atoms with Gasteiger partial charge in [0, 0.05) is 82.7 Å². The summed E-state index contributed by atoms with van der Waals surface area (Å²) in [6, 6.07) is 0. The third-order valence-corrected chi connectivity index (χ3v) is 3.20.